The fourth-order valence-corrected chi connectivity index (χ4v) is 2.02. The molecule has 0 spiro atoms. The molecule has 1 unspecified atom stereocenters. The van der Waals surface area contributed by atoms with Gasteiger partial charge in [0.05, 0.1) is 5.57 Å². The number of amides is 1. The Morgan fingerprint density at radius 1 is 1.22 bits per heavy atom. The zero-order chi connectivity index (χ0) is 13.2. The van der Waals surface area contributed by atoms with E-state index in [0.717, 1.165) is 0 Å². The fourth-order valence-electron chi connectivity index (χ4n) is 2.02. The number of rotatable bonds is 3. The maximum atomic E-state index is 11.8. The molecule has 5 heteroatoms. The number of carbonyl (C=O) groups is 2. The highest BCUT2D eigenvalue weighted by Gasteiger charge is 2.45. The average molecular weight is 244 g/mol. The highest BCUT2D eigenvalue weighted by molar-refractivity contribution is 6.03. The van der Waals surface area contributed by atoms with E-state index in [1.165, 1.54) is 18.4 Å². The molecule has 2 rings (SSSR count). The molecule has 0 saturated carbocycles. The molecule has 1 amide bonds. The van der Waals surface area contributed by atoms with Crippen LogP contribution in [0.1, 0.15) is 5.56 Å². The van der Waals surface area contributed by atoms with Crippen LogP contribution < -0.4 is 11.1 Å². The average Bonchev–Trinajstić information content (AvgIpc) is 2.39. The van der Waals surface area contributed by atoms with Gasteiger partial charge in [-0.2, -0.15) is 0 Å². The first-order valence-corrected chi connectivity index (χ1v) is 5.33. The number of aliphatic carboxylic acids is 1. The molecule has 0 radical (unpaired) electrons. The second kappa shape index (κ2) is 4.37. The van der Waals surface area contributed by atoms with Crippen molar-refractivity contribution in [1.82, 2.24) is 5.32 Å². The van der Waals surface area contributed by atoms with Crippen molar-refractivity contribution in [3.63, 3.8) is 0 Å². The van der Waals surface area contributed by atoms with Gasteiger partial charge in [0.1, 0.15) is 0 Å². The van der Waals surface area contributed by atoms with Crippen LogP contribution in [0.25, 0.3) is 0 Å². The van der Waals surface area contributed by atoms with Gasteiger partial charge in [-0.1, -0.05) is 30.3 Å². The molecule has 5 nitrogen and oxygen atoms in total. The number of primary amides is 1. The predicted octanol–water partition coefficient (Wildman–Crippen LogP) is 0.495. The summed E-state index contributed by atoms with van der Waals surface area (Å²) in [5.74, 6) is -1.94. The molecule has 0 aromatic heterocycles. The smallest absolute Gasteiger partial charge is 0.334 e. The second-order valence-electron chi connectivity index (χ2n) is 3.87. The molecule has 4 N–H and O–H groups in total. The summed E-state index contributed by atoms with van der Waals surface area (Å²) in [6, 6.07) is 8.54. The molecule has 1 aromatic carbocycles. The first-order valence-electron chi connectivity index (χ1n) is 5.33. The molecule has 1 aliphatic rings. The Bertz CT molecular complexity index is 549. The molecule has 0 bridgehead atoms. The number of carboxylic acids is 1. The van der Waals surface area contributed by atoms with E-state index in [1.807, 2.05) is 0 Å². The molecule has 1 atom stereocenters. The molecule has 0 aliphatic carbocycles. The summed E-state index contributed by atoms with van der Waals surface area (Å²) in [6.07, 6.45) is 4.40. The van der Waals surface area contributed by atoms with E-state index in [9.17, 15) is 14.7 Å². The number of nitrogens with two attached hydrogens (primary N) is 1. The lowest BCUT2D eigenvalue weighted by atomic mass is 9.80. The summed E-state index contributed by atoms with van der Waals surface area (Å²) in [4.78, 5) is 23.1. The van der Waals surface area contributed by atoms with Crippen molar-refractivity contribution in [2.24, 2.45) is 5.73 Å². The molecule has 1 aromatic rings. The van der Waals surface area contributed by atoms with Crippen LogP contribution in [0, 0.1) is 0 Å². The Kier molecular flexibility index (Phi) is 2.89. The van der Waals surface area contributed by atoms with Crippen molar-refractivity contribution in [2.75, 3.05) is 0 Å². The molecule has 1 aliphatic heterocycles. The number of hydrogen-bond donors (Lipinski definition) is 3. The Balaban J connectivity index is 2.66. The largest absolute Gasteiger partial charge is 0.478 e. The van der Waals surface area contributed by atoms with E-state index >= 15 is 0 Å². The van der Waals surface area contributed by atoms with E-state index in [4.69, 9.17) is 5.73 Å². The Morgan fingerprint density at radius 2 is 1.89 bits per heavy atom. The lowest BCUT2D eigenvalue weighted by molar-refractivity contribution is -0.136. The van der Waals surface area contributed by atoms with Gasteiger partial charge in [0.25, 0.3) is 5.91 Å². The number of nitrogens with one attached hydrogen (secondary N) is 1. The van der Waals surface area contributed by atoms with Crippen molar-refractivity contribution in [1.29, 1.82) is 0 Å². The molecule has 18 heavy (non-hydrogen) atoms. The zero-order valence-electron chi connectivity index (χ0n) is 9.46. The monoisotopic (exact) mass is 244 g/mol. The number of benzene rings is 1. The van der Waals surface area contributed by atoms with Gasteiger partial charge in [-0.3, -0.25) is 4.79 Å². The summed E-state index contributed by atoms with van der Waals surface area (Å²) in [5, 5.41) is 12.0. The molecular weight excluding hydrogens is 232 g/mol. The minimum Gasteiger partial charge on any atom is -0.478 e. The summed E-state index contributed by atoms with van der Waals surface area (Å²) < 4.78 is 0. The number of carboxylic acid groups (broad SMARTS) is 1. The standard InChI is InChI=1S/C13H12N2O3/c14-12(18)13(9-5-2-1-3-6-9)10(11(16)17)7-4-8-15-13/h1-8,15H,(H2,14,18)(H,16,17). The van der Waals surface area contributed by atoms with Crippen molar-refractivity contribution in [3.05, 3.63) is 59.8 Å². The Labute approximate surface area is 104 Å². The lowest BCUT2D eigenvalue weighted by Crippen LogP contribution is -2.54. The molecule has 0 saturated heterocycles. The minimum absolute atomic E-state index is 0.0938. The van der Waals surface area contributed by atoms with Gasteiger partial charge in [-0.25, -0.2) is 4.79 Å². The number of dihydropyridines is 1. The van der Waals surface area contributed by atoms with Crippen molar-refractivity contribution in [2.45, 2.75) is 5.54 Å². The Morgan fingerprint density at radius 3 is 2.44 bits per heavy atom. The van der Waals surface area contributed by atoms with Crippen LogP contribution >= 0.6 is 0 Å². The third-order valence-corrected chi connectivity index (χ3v) is 2.87. The van der Waals surface area contributed by atoms with E-state index in [2.05, 4.69) is 5.32 Å². The van der Waals surface area contributed by atoms with Crippen LogP contribution in [0.3, 0.4) is 0 Å². The maximum Gasteiger partial charge on any atom is 0.334 e. The first kappa shape index (κ1) is 11.9. The number of carbonyl (C=O) groups excluding carboxylic acids is 1. The van der Waals surface area contributed by atoms with Gasteiger partial charge in [0.2, 0.25) is 0 Å². The van der Waals surface area contributed by atoms with Crippen LogP contribution in [-0.4, -0.2) is 17.0 Å². The van der Waals surface area contributed by atoms with Gasteiger partial charge in [-0.05, 0) is 23.9 Å². The van der Waals surface area contributed by atoms with E-state index in [0.29, 0.717) is 5.56 Å². The predicted molar refractivity (Wildman–Crippen MR) is 65.3 cm³/mol. The summed E-state index contributed by atoms with van der Waals surface area (Å²) >= 11 is 0. The second-order valence-corrected chi connectivity index (χ2v) is 3.87. The highest BCUT2D eigenvalue weighted by Crippen LogP contribution is 2.31. The number of allylic oxidation sites excluding steroid dienone is 2. The SMILES string of the molecule is NC(=O)C1(c2ccccc2)NC=CC=C1C(=O)O. The fraction of sp³-hybridized carbons (Fsp3) is 0.0769. The molecule has 1 heterocycles. The lowest BCUT2D eigenvalue weighted by Gasteiger charge is -2.33. The van der Waals surface area contributed by atoms with Gasteiger partial charge in [0.15, 0.2) is 5.54 Å². The topological polar surface area (TPSA) is 92.4 Å². The normalized spacial score (nSPS) is 21.9. The van der Waals surface area contributed by atoms with Gasteiger partial charge in [-0.15, -0.1) is 0 Å². The third-order valence-electron chi connectivity index (χ3n) is 2.87. The Hall–Kier alpha value is -2.56. The quantitative estimate of drug-likeness (QED) is 0.721. The van der Waals surface area contributed by atoms with E-state index in [1.54, 1.807) is 30.3 Å². The van der Waals surface area contributed by atoms with Gasteiger partial charge < -0.3 is 16.2 Å². The molecule has 0 fully saturated rings. The van der Waals surface area contributed by atoms with E-state index < -0.39 is 17.4 Å². The van der Waals surface area contributed by atoms with Crippen molar-refractivity contribution in [3.8, 4) is 0 Å². The van der Waals surface area contributed by atoms with Gasteiger partial charge in [0, 0.05) is 0 Å². The first-order chi connectivity index (χ1) is 8.59. The van der Waals surface area contributed by atoms with Crippen LogP contribution in [0.4, 0.5) is 0 Å². The molecule has 92 valence electrons. The van der Waals surface area contributed by atoms with Crippen LogP contribution in [0.5, 0.6) is 0 Å². The summed E-state index contributed by atoms with van der Waals surface area (Å²) in [7, 11) is 0. The summed E-state index contributed by atoms with van der Waals surface area (Å²) in [5.41, 5.74) is 4.30. The molecular formula is C13H12N2O3. The van der Waals surface area contributed by atoms with E-state index in [-0.39, 0.29) is 5.57 Å². The van der Waals surface area contributed by atoms with Crippen molar-refractivity contribution >= 4 is 11.9 Å². The number of hydrogen-bond acceptors (Lipinski definition) is 3. The summed E-state index contributed by atoms with van der Waals surface area (Å²) in [6.45, 7) is 0. The van der Waals surface area contributed by atoms with Crippen LogP contribution in [0.2, 0.25) is 0 Å². The van der Waals surface area contributed by atoms with Crippen molar-refractivity contribution < 1.29 is 14.7 Å². The third kappa shape index (κ3) is 1.66. The van der Waals surface area contributed by atoms with Crippen LogP contribution in [-0.2, 0) is 15.1 Å². The zero-order valence-corrected chi connectivity index (χ0v) is 9.46. The van der Waals surface area contributed by atoms with Gasteiger partial charge >= 0.3 is 5.97 Å². The van der Waals surface area contributed by atoms with Crippen LogP contribution in [0.15, 0.2) is 54.3 Å². The minimum atomic E-state index is -1.53. The highest BCUT2D eigenvalue weighted by atomic mass is 16.4. The maximum absolute atomic E-state index is 11.8.